The molecular formula is C16H22N2O. The Morgan fingerprint density at radius 1 is 1.26 bits per heavy atom. The van der Waals surface area contributed by atoms with Gasteiger partial charge in [-0.05, 0) is 51.2 Å². The highest BCUT2D eigenvalue weighted by molar-refractivity contribution is 5.79. The minimum absolute atomic E-state index is 0.150. The van der Waals surface area contributed by atoms with Crippen molar-refractivity contribution >= 4 is 11.0 Å². The molecule has 0 saturated heterocycles. The minimum Gasteiger partial charge on any atom is -0.343 e. The van der Waals surface area contributed by atoms with Gasteiger partial charge in [0.05, 0.1) is 5.39 Å². The number of fused-ring (bicyclic) bond motifs is 1. The summed E-state index contributed by atoms with van der Waals surface area (Å²) in [7, 11) is 0. The number of hydrogen-bond donors (Lipinski definition) is 1. The second-order valence-electron chi connectivity index (χ2n) is 5.79. The van der Waals surface area contributed by atoms with E-state index in [1.54, 1.807) is 0 Å². The van der Waals surface area contributed by atoms with Gasteiger partial charge in [0.15, 0.2) is 5.43 Å². The molecule has 3 nitrogen and oxygen atoms in total. The summed E-state index contributed by atoms with van der Waals surface area (Å²) in [6, 6.07) is 1.97. The summed E-state index contributed by atoms with van der Waals surface area (Å²) >= 11 is 0. The van der Waals surface area contributed by atoms with E-state index in [1.165, 1.54) is 0 Å². The van der Waals surface area contributed by atoms with E-state index >= 15 is 0 Å². The highest BCUT2D eigenvalue weighted by Crippen LogP contribution is 2.16. The fourth-order valence-corrected chi connectivity index (χ4v) is 2.52. The van der Waals surface area contributed by atoms with Gasteiger partial charge in [-0.15, -0.1) is 0 Å². The van der Waals surface area contributed by atoms with Crippen molar-refractivity contribution < 1.29 is 0 Å². The van der Waals surface area contributed by atoms with E-state index in [9.17, 15) is 4.79 Å². The zero-order chi connectivity index (χ0) is 14.2. The molecule has 3 heteroatoms. The van der Waals surface area contributed by atoms with Crippen molar-refractivity contribution in [3.8, 4) is 0 Å². The number of aromatic nitrogens is 2. The quantitative estimate of drug-likeness (QED) is 0.916. The van der Waals surface area contributed by atoms with Crippen molar-refractivity contribution in [2.75, 3.05) is 0 Å². The first-order valence-corrected chi connectivity index (χ1v) is 6.90. The van der Waals surface area contributed by atoms with Crippen LogP contribution >= 0.6 is 0 Å². The predicted molar refractivity (Wildman–Crippen MR) is 79.7 cm³/mol. The van der Waals surface area contributed by atoms with Gasteiger partial charge in [0.2, 0.25) is 0 Å². The molecule has 102 valence electrons. The van der Waals surface area contributed by atoms with Crippen LogP contribution in [0, 0.1) is 26.7 Å². The molecule has 2 aromatic heterocycles. The summed E-state index contributed by atoms with van der Waals surface area (Å²) in [5.41, 5.74) is 4.68. The van der Waals surface area contributed by atoms with E-state index in [1.807, 2.05) is 26.8 Å². The molecule has 0 saturated carbocycles. The van der Waals surface area contributed by atoms with Crippen LogP contribution in [0.2, 0.25) is 0 Å². The second kappa shape index (κ2) is 5.16. The first kappa shape index (κ1) is 13.8. The molecule has 1 N–H and O–H groups in total. The molecule has 0 spiro atoms. The fraction of sp³-hybridized carbons (Fsp3) is 0.500. The van der Waals surface area contributed by atoms with Crippen molar-refractivity contribution in [3.05, 3.63) is 38.8 Å². The van der Waals surface area contributed by atoms with Crippen LogP contribution in [-0.2, 0) is 6.42 Å². The number of aryl methyl sites for hydroxylation is 3. The maximum absolute atomic E-state index is 12.6. The first-order chi connectivity index (χ1) is 8.90. The van der Waals surface area contributed by atoms with Crippen molar-refractivity contribution in [1.82, 2.24) is 9.97 Å². The van der Waals surface area contributed by atoms with Crippen LogP contribution < -0.4 is 5.43 Å². The molecule has 0 atom stereocenters. The van der Waals surface area contributed by atoms with Gasteiger partial charge < -0.3 is 4.98 Å². The van der Waals surface area contributed by atoms with E-state index in [-0.39, 0.29) is 5.43 Å². The Labute approximate surface area is 114 Å². The summed E-state index contributed by atoms with van der Waals surface area (Å²) in [6.07, 6.45) is 1.87. The van der Waals surface area contributed by atoms with Crippen LogP contribution in [0.3, 0.4) is 0 Å². The number of rotatable bonds is 3. The fourth-order valence-electron chi connectivity index (χ4n) is 2.52. The zero-order valence-electron chi connectivity index (χ0n) is 12.4. The van der Waals surface area contributed by atoms with Crippen LogP contribution in [0.1, 0.15) is 42.8 Å². The third kappa shape index (κ3) is 2.70. The third-order valence-electron chi connectivity index (χ3n) is 3.58. The van der Waals surface area contributed by atoms with Gasteiger partial charge in [-0.3, -0.25) is 4.79 Å². The normalized spacial score (nSPS) is 11.5. The smallest absolute Gasteiger partial charge is 0.194 e. The van der Waals surface area contributed by atoms with Crippen molar-refractivity contribution in [1.29, 1.82) is 0 Å². The topological polar surface area (TPSA) is 45.8 Å². The lowest BCUT2D eigenvalue weighted by Gasteiger charge is -2.11. The Morgan fingerprint density at radius 3 is 2.58 bits per heavy atom. The number of hydrogen-bond acceptors (Lipinski definition) is 2. The maximum Gasteiger partial charge on any atom is 0.194 e. The molecule has 0 unspecified atom stereocenters. The van der Waals surface area contributed by atoms with E-state index in [4.69, 9.17) is 0 Å². The van der Waals surface area contributed by atoms with Crippen LogP contribution in [0.25, 0.3) is 11.0 Å². The SMILES string of the molecule is Cc1cc(C)c2c(=O)c(CCC(C)C)c(C)[nH]c2n1. The van der Waals surface area contributed by atoms with E-state index in [2.05, 4.69) is 23.8 Å². The Morgan fingerprint density at radius 2 is 1.95 bits per heavy atom. The predicted octanol–water partition coefficient (Wildman–Crippen LogP) is 3.44. The number of H-pyrrole nitrogens is 1. The van der Waals surface area contributed by atoms with Gasteiger partial charge >= 0.3 is 0 Å². The summed E-state index contributed by atoms with van der Waals surface area (Å²) in [6.45, 7) is 10.3. The van der Waals surface area contributed by atoms with Gasteiger partial charge in [0.25, 0.3) is 0 Å². The van der Waals surface area contributed by atoms with Gasteiger partial charge in [0, 0.05) is 17.0 Å². The summed E-state index contributed by atoms with van der Waals surface area (Å²) in [5.74, 6) is 0.603. The second-order valence-corrected chi connectivity index (χ2v) is 5.79. The van der Waals surface area contributed by atoms with Crippen LogP contribution in [0.15, 0.2) is 10.9 Å². The van der Waals surface area contributed by atoms with E-state index < -0.39 is 0 Å². The summed E-state index contributed by atoms with van der Waals surface area (Å²) in [4.78, 5) is 20.4. The van der Waals surface area contributed by atoms with Gasteiger partial charge in [0.1, 0.15) is 5.65 Å². The van der Waals surface area contributed by atoms with E-state index in [0.29, 0.717) is 11.6 Å². The molecule has 0 radical (unpaired) electrons. The lowest BCUT2D eigenvalue weighted by atomic mass is 9.99. The largest absolute Gasteiger partial charge is 0.343 e. The Kier molecular flexibility index (Phi) is 3.74. The molecule has 0 aliphatic rings. The van der Waals surface area contributed by atoms with Crippen molar-refractivity contribution in [3.63, 3.8) is 0 Å². The van der Waals surface area contributed by atoms with Crippen molar-refractivity contribution in [2.24, 2.45) is 5.92 Å². The minimum atomic E-state index is 0.150. The monoisotopic (exact) mass is 258 g/mol. The molecule has 0 amide bonds. The maximum atomic E-state index is 12.6. The summed E-state index contributed by atoms with van der Waals surface area (Å²) in [5, 5.41) is 0.745. The molecule has 0 bridgehead atoms. The summed E-state index contributed by atoms with van der Waals surface area (Å²) < 4.78 is 0. The molecule has 2 aromatic rings. The van der Waals surface area contributed by atoms with Gasteiger partial charge in [-0.1, -0.05) is 13.8 Å². The number of aromatic amines is 1. The molecule has 0 aliphatic heterocycles. The highest BCUT2D eigenvalue weighted by Gasteiger charge is 2.12. The van der Waals surface area contributed by atoms with Crippen LogP contribution in [0.4, 0.5) is 0 Å². The highest BCUT2D eigenvalue weighted by atomic mass is 16.1. The van der Waals surface area contributed by atoms with Gasteiger partial charge in [-0.2, -0.15) is 0 Å². The average molecular weight is 258 g/mol. The average Bonchev–Trinajstić information content (AvgIpc) is 2.26. The molecular weight excluding hydrogens is 236 g/mol. The number of pyridine rings is 2. The molecule has 2 rings (SSSR count). The van der Waals surface area contributed by atoms with Crippen molar-refractivity contribution in [2.45, 2.75) is 47.5 Å². The van der Waals surface area contributed by atoms with Gasteiger partial charge in [-0.25, -0.2) is 4.98 Å². The zero-order valence-corrected chi connectivity index (χ0v) is 12.4. The number of nitrogens with zero attached hydrogens (tertiary/aromatic N) is 1. The first-order valence-electron chi connectivity index (χ1n) is 6.90. The lowest BCUT2D eigenvalue weighted by molar-refractivity contribution is 0.584. The molecule has 2 heterocycles. The van der Waals surface area contributed by atoms with E-state index in [0.717, 1.165) is 40.7 Å². The molecule has 19 heavy (non-hydrogen) atoms. The van der Waals surface area contributed by atoms with Crippen LogP contribution in [0.5, 0.6) is 0 Å². The Bertz CT molecular complexity index is 668. The Balaban J connectivity index is 2.64. The standard InChI is InChI=1S/C16H22N2O/c1-9(2)6-7-13-12(5)18-16-14(15(13)19)10(3)8-11(4)17-16/h8-9H,6-7H2,1-5H3,(H,17,18,19). The third-order valence-corrected chi connectivity index (χ3v) is 3.58. The molecule has 0 aliphatic carbocycles. The number of nitrogens with one attached hydrogen (secondary N) is 1. The van der Waals surface area contributed by atoms with Crippen LogP contribution in [-0.4, -0.2) is 9.97 Å². The molecule has 0 fully saturated rings. The lowest BCUT2D eigenvalue weighted by Crippen LogP contribution is -2.16. The Hall–Kier alpha value is -1.64. The molecule has 0 aromatic carbocycles.